The zero-order valence-corrected chi connectivity index (χ0v) is 13.9. The molecular formula is C17H20N2O3S. The molecule has 0 aliphatic rings. The van der Waals surface area contributed by atoms with E-state index in [1.54, 1.807) is 6.07 Å². The second kappa shape index (κ2) is 7.39. The van der Waals surface area contributed by atoms with E-state index in [1.165, 1.54) is 0 Å². The van der Waals surface area contributed by atoms with Crippen molar-refractivity contribution in [3.63, 3.8) is 0 Å². The first-order valence-corrected chi connectivity index (χ1v) is 8.35. The summed E-state index contributed by atoms with van der Waals surface area (Å²) in [4.78, 5) is 11.6. The largest absolute Gasteiger partial charge is 0.480 e. The van der Waals surface area contributed by atoms with Crippen LogP contribution in [0.25, 0.3) is 0 Å². The smallest absolute Gasteiger partial charge is 0.320 e. The lowest BCUT2D eigenvalue weighted by Crippen LogP contribution is -2.32. The van der Waals surface area contributed by atoms with Crippen LogP contribution >= 0.6 is 0 Å². The second-order valence-corrected chi connectivity index (χ2v) is 6.69. The van der Waals surface area contributed by atoms with Gasteiger partial charge in [-0.2, -0.15) is 0 Å². The van der Waals surface area contributed by atoms with E-state index in [0.717, 1.165) is 16.7 Å². The molecule has 1 unspecified atom stereocenters. The minimum atomic E-state index is -1.38. The lowest BCUT2D eigenvalue weighted by atomic mass is 10.0. The van der Waals surface area contributed by atoms with E-state index < -0.39 is 23.0 Å². The van der Waals surface area contributed by atoms with Gasteiger partial charge in [-0.05, 0) is 55.7 Å². The molecule has 2 aromatic rings. The van der Waals surface area contributed by atoms with Gasteiger partial charge in [0.25, 0.3) is 0 Å². The van der Waals surface area contributed by atoms with Gasteiger partial charge in [0.15, 0.2) is 0 Å². The molecule has 0 aliphatic carbocycles. The molecule has 5 nitrogen and oxygen atoms in total. The number of carboxylic acids is 1. The number of benzene rings is 2. The van der Waals surface area contributed by atoms with Gasteiger partial charge in [-0.25, -0.2) is 4.21 Å². The minimum absolute atomic E-state index is 0.230. The van der Waals surface area contributed by atoms with Crippen LogP contribution in [0.15, 0.2) is 47.4 Å². The summed E-state index contributed by atoms with van der Waals surface area (Å²) >= 11 is 0. The van der Waals surface area contributed by atoms with Crippen LogP contribution in [-0.4, -0.2) is 21.3 Å². The van der Waals surface area contributed by atoms with Crippen molar-refractivity contribution in [2.45, 2.75) is 31.2 Å². The second-order valence-electron chi connectivity index (χ2n) is 5.47. The highest BCUT2D eigenvalue weighted by molar-refractivity contribution is 7.86. The molecule has 0 heterocycles. The monoisotopic (exact) mass is 332 g/mol. The maximum absolute atomic E-state index is 12.3. The van der Waals surface area contributed by atoms with E-state index in [1.807, 2.05) is 50.2 Å². The van der Waals surface area contributed by atoms with E-state index in [2.05, 4.69) is 4.72 Å². The quantitative estimate of drug-likeness (QED) is 0.757. The fraction of sp³-hybridized carbons (Fsp3) is 0.235. The Kier molecular flexibility index (Phi) is 5.52. The van der Waals surface area contributed by atoms with Crippen molar-refractivity contribution < 1.29 is 14.1 Å². The normalized spacial score (nSPS) is 13.3. The van der Waals surface area contributed by atoms with Crippen LogP contribution in [0.3, 0.4) is 0 Å². The fourth-order valence-electron chi connectivity index (χ4n) is 2.11. The topological polar surface area (TPSA) is 92.4 Å². The molecule has 0 saturated carbocycles. The van der Waals surface area contributed by atoms with Crippen LogP contribution < -0.4 is 10.5 Å². The van der Waals surface area contributed by atoms with E-state index in [0.29, 0.717) is 10.6 Å². The Hall–Kier alpha value is -2.18. The van der Waals surface area contributed by atoms with Crippen molar-refractivity contribution in [3.05, 3.63) is 59.2 Å². The highest BCUT2D eigenvalue weighted by atomic mass is 32.2. The Labute approximate surface area is 138 Å². The highest BCUT2D eigenvalue weighted by Crippen LogP contribution is 2.19. The van der Waals surface area contributed by atoms with E-state index in [4.69, 9.17) is 10.8 Å². The van der Waals surface area contributed by atoms with Gasteiger partial charge < -0.3 is 15.6 Å². The van der Waals surface area contributed by atoms with E-state index in [-0.39, 0.29) is 6.42 Å². The third kappa shape index (κ3) is 4.64. The number of aryl methyl sites for hydroxylation is 2. The zero-order chi connectivity index (χ0) is 17.0. The van der Waals surface area contributed by atoms with Crippen LogP contribution in [0.5, 0.6) is 0 Å². The summed E-state index contributed by atoms with van der Waals surface area (Å²) < 4.78 is 15.3. The third-order valence-electron chi connectivity index (χ3n) is 3.55. The first-order chi connectivity index (χ1) is 10.9. The first kappa shape index (κ1) is 17.2. The zero-order valence-electron chi connectivity index (χ0n) is 13.1. The Morgan fingerprint density at radius 3 is 2.48 bits per heavy atom. The minimum Gasteiger partial charge on any atom is -0.480 e. The summed E-state index contributed by atoms with van der Waals surface area (Å²) in [7, 11) is -1.38. The summed E-state index contributed by atoms with van der Waals surface area (Å²) in [5.74, 6) is -1.04. The van der Waals surface area contributed by atoms with Gasteiger partial charge in [-0.3, -0.25) is 4.79 Å². The summed E-state index contributed by atoms with van der Waals surface area (Å²) in [6.07, 6.45) is 0.230. The summed E-state index contributed by atoms with van der Waals surface area (Å²) in [6, 6.07) is 12.0. The molecule has 0 radical (unpaired) electrons. The van der Waals surface area contributed by atoms with E-state index in [9.17, 15) is 9.00 Å². The number of aliphatic carboxylic acids is 1. The Bertz CT molecular complexity index is 729. The summed E-state index contributed by atoms with van der Waals surface area (Å²) in [6.45, 7) is 3.86. The number of hydrogen-bond donors (Lipinski definition) is 3. The SMILES string of the molecule is Cc1ccc(S(=O)Nc2ccc(C)c(C[C@H](N)C(=O)O)c2)cc1. The van der Waals surface area contributed by atoms with Crippen molar-refractivity contribution in [1.82, 2.24) is 0 Å². The number of nitrogens with one attached hydrogen (secondary N) is 1. The van der Waals surface area contributed by atoms with Gasteiger partial charge in [0.1, 0.15) is 17.0 Å². The molecule has 0 spiro atoms. The number of anilines is 1. The number of rotatable bonds is 6. The molecule has 0 amide bonds. The fourth-order valence-corrected chi connectivity index (χ4v) is 2.95. The van der Waals surface area contributed by atoms with Crippen LogP contribution in [0, 0.1) is 13.8 Å². The summed E-state index contributed by atoms with van der Waals surface area (Å²) in [5, 5.41) is 8.93. The molecule has 122 valence electrons. The number of carboxylic acid groups (broad SMARTS) is 1. The van der Waals surface area contributed by atoms with E-state index >= 15 is 0 Å². The van der Waals surface area contributed by atoms with Crippen molar-refractivity contribution >= 4 is 22.6 Å². The number of carbonyl (C=O) groups is 1. The lowest BCUT2D eigenvalue weighted by Gasteiger charge is -2.12. The molecule has 0 aromatic heterocycles. The van der Waals surface area contributed by atoms with Crippen LogP contribution in [0.2, 0.25) is 0 Å². The number of hydrogen-bond acceptors (Lipinski definition) is 3. The Morgan fingerprint density at radius 2 is 1.87 bits per heavy atom. The molecule has 0 bridgehead atoms. The van der Waals surface area contributed by atoms with Gasteiger partial charge in [-0.1, -0.05) is 23.8 Å². The van der Waals surface area contributed by atoms with Crippen molar-refractivity contribution in [2.24, 2.45) is 5.73 Å². The average molecular weight is 332 g/mol. The number of nitrogens with two attached hydrogens (primary N) is 1. The average Bonchev–Trinajstić information content (AvgIpc) is 2.51. The highest BCUT2D eigenvalue weighted by Gasteiger charge is 2.14. The molecule has 4 N–H and O–H groups in total. The molecule has 2 atom stereocenters. The van der Waals surface area contributed by atoms with Crippen molar-refractivity contribution in [1.29, 1.82) is 0 Å². The molecule has 23 heavy (non-hydrogen) atoms. The Morgan fingerprint density at radius 1 is 1.22 bits per heavy atom. The van der Waals surface area contributed by atoms with Crippen molar-refractivity contribution in [3.8, 4) is 0 Å². The van der Waals surface area contributed by atoms with Crippen LogP contribution in [-0.2, 0) is 22.2 Å². The Balaban J connectivity index is 2.15. The van der Waals surface area contributed by atoms with Gasteiger partial charge in [0, 0.05) is 5.69 Å². The lowest BCUT2D eigenvalue weighted by molar-refractivity contribution is -0.138. The molecule has 2 rings (SSSR count). The molecule has 0 saturated heterocycles. The molecular weight excluding hydrogens is 312 g/mol. The molecule has 2 aromatic carbocycles. The molecule has 6 heteroatoms. The first-order valence-electron chi connectivity index (χ1n) is 7.20. The van der Waals surface area contributed by atoms with Gasteiger partial charge in [-0.15, -0.1) is 0 Å². The standard InChI is InChI=1S/C17H20N2O3S/c1-11-3-7-15(8-4-11)23(22)19-14-6-5-12(2)13(9-14)10-16(18)17(20)21/h3-9,16,19H,10,18H2,1-2H3,(H,20,21)/t16-,23?/m0/s1. The molecule has 0 aliphatic heterocycles. The summed E-state index contributed by atoms with van der Waals surface area (Å²) in [5.41, 5.74) is 9.14. The predicted octanol–water partition coefficient (Wildman–Crippen LogP) is 2.39. The van der Waals surface area contributed by atoms with Crippen LogP contribution in [0.4, 0.5) is 5.69 Å². The van der Waals surface area contributed by atoms with Crippen LogP contribution in [0.1, 0.15) is 16.7 Å². The molecule has 0 fully saturated rings. The third-order valence-corrected chi connectivity index (χ3v) is 4.67. The maximum atomic E-state index is 12.3. The maximum Gasteiger partial charge on any atom is 0.320 e. The van der Waals surface area contributed by atoms with Gasteiger partial charge in [0.05, 0.1) is 4.90 Å². The van der Waals surface area contributed by atoms with Gasteiger partial charge >= 0.3 is 5.97 Å². The van der Waals surface area contributed by atoms with Gasteiger partial charge in [0.2, 0.25) is 0 Å². The predicted molar refractivity (Wildman–Crippen MR) is 91.7 cm³/mol. The van der Waals surface area contributed by atoms with Crippen molar-refractivity contribution in [2.75, 3.05) is 4.72 Å².